The molecule has 0 aliphatic carbocycles. The Labute approximate surface area is 200 Å². The maximum atomic E-state index is 12.9. The molecule has 1 heterocycles. The quantitative estimate of drug-likeness (QED) is 0.465. The highest BCUT2D eigenvalue weighted by molar-refractivity contribution is 5.76. The number of hydrogen-bond donors (Lipinski definition) is 1. The van der Waals surface area contributed by atoms with Gasteiger partial charge in [0.15, 0.2) is 6.10 Å². The predicted octanol–water partition coefficient (Wildman–Crippen LogP) is 2.59. The van der Waals surface area contributed by atoms with Crippen LogP contribution in [-0.2, 0) is 39.0 Å². The van der Waals surface area contributed by atoms with E-state index in [-0.39, 0.29) is 13.2 Å². The number of ether oxygens (including phenoxy) is 7. The standard InChI is InChI=1S/C25H33NO8/c1-28-15-20-21(16-29-2)34-25(33-20,17-9-7-6-8-10-17)23(22(31-4)24(27)32-5)26-18-11-13-19(30-3)14-12-18/h6-14,20-23,26H,15-16H2,1-5H3/t20-,21-,22+,23+/m0/s1. The second kappa shape index (κ2) is 12.1. The minimum atomic E-state index is -1.43. The highest BCUT2D eigenvalue weighted by atomic mass is 16.8. The van der Waals surface area contributed by atoms with Crippen LogP contribution in [0.1, 0.15) is 5.56 Å². The Morgan fingerprint density at radius 3 is 1.97 bits per heavy atom. The third-order valence-electron chi connectivity index (χ3n) is 5.72. The average Bonchev–Trinajstić information content (AvgIpc) is 3.24. The molecule has 1 aliphatic heterocycles. The summed E-state index contributed by atoms with van der Waals surface area (Å²) in [7, 11) is 7.54. The summed E-state index contributed by atoms with van der Waals surface area (Å²) in [5, 5.41) is 3.39. The number of benzene rings is 2. The zero-order valence-electron chi connectivity index (χ0n) is 20.2. The maximum absolute atomic E-state index is 12.9. The largest absolute Gasteiger partial charge is 0.497 e. The summed E-state index contributed by atoms with van der Waals surface area (Å²) in [6, 6.07) is 15.9. The lowest BCUT2D eigenvalue weighted by atomic mass is 9.92. The van der Waals surface area contributed by atoms with Crippen molar-refractivity contribution in [3.63, 3.8) is 0 Å². The minimum absolute atomic E-state index is 0.272. The Kier molecular flexibility index (Phi) is 9.26. The fraction of sp³-hybridized carbons (Fsp3) is 0.480. The molecule has 4 atom stereocenters. The molecule has 0 spiro atoms. The van der Waals surface area contributed by atoms with Crippen LogP contribution in [0, 0.1) is 0 Å². The van der Waals surface area contributed by atoms with Gasteiger partial charge >= 0.3 is 5.97 Å². The molecule has 0 radical (unpaired) electrons. The third kappa shape index (κ3) is 5.51. The fourth-order valence-electron chi connectivity index (χ4n) is 4.09. The molecule has 0 aromatic heterocycles. The van der Waals surface area contributed by atoms with E-state index in [0.717, 1.165) is 0 Å². The second-order valence-electron chi connectivity index (χ2n) is 7.79. The van der Waals surface area contributed by atoms with E-state index in [1.54, 1.807) is 21.3 Å². The van der Waals surface area contributed by atoms with Gasteiger partial charge in [0.2, 0.25) is 5.79 Å². The van der Waals surface area contributed by atoms with Gasteiger partial charge in [0.25, 0.3) is 0 Å². The van der Waals surface area contributed by atoms with E-state index >= 15 is 0 Å². The number of nitrogens with one attached hydrogen (secondary N) is 1. The monoisotopic (exact) mass is 475 g/mol. The van der Waals surface area contributed by atoms with Gasteiger partial charge in [-0.05, 0) is 24.3 Å². The number of carbonyl (C=O) groups is 1. The minimum Gasteiger partial charge on any atom is -0.497 e. The van der Waals surface area contributed by atoms with Crippen LogP contribution in [0.5, 0.6) is 5.75 Å². The van der Waals surface area contributed by atoms with Crippen LogP contribution in [0.2, 0.25) is 0 Å². The Morgan fingerprint density at radius 1 is 0.912 bits per heavy atom. The van der Waals surface area contributed by atoms with Gasteiger partial charge in [-0.3, -0.25) is 0 Å². The van der Waals surface area contributed by atoms with Crippen molar-refractivity contribution in [2.45, 2.75) is 30.1 Å². The predicted molar refractivity (Wildman–Crippen MR) is 125 cm³/mol. The number of carbonyl (C=O) groups excluding carboxylic acids is 1. The van der Waals surface area contributed by atoms with Crippen LogP contribution in [0.25, 0.3) is 0 Å². The molecular weight excluding hydrogens is 442 g/mol. The van der Waals surface area contributed by atoms with Crippen molar-refractivity contribution < 1.29 is 38.0 Å². The molecule has 1 aliphatic rings. The van der Waals surface area contributed by atoms with Crippen molar-refractivity contribution in [1.82, 2.24) is 0 Å². The van der Waals surface area contributed by atoms with Crippen LogP contribution in [-0.4, -0.2) is 79.1 Å². The normalized spacial score (nSPS) is 21.0. The van der Waals surface area contributed by atoms with Gasteiger partial charge in [-0.15, -0.1) is 0 Å². The van der Waals surface area contributed by atoms with Crippen LogP contribution in [0.4, 0.5) is 5.69 Å². The van der Waals surface area contributed by atoms with E-state index in [4.69, 9.17) is 33.2 Å². The summed E-state index contributed by atoms with van der Waals surface area (Å²) >= 11 is 0. The van der Waals surface area contributed by atoms with Crippen molar-refractivity contribution in [2.24, 2.45) is 0 Å². The van der Waals surface area contributed by atoms with Crippen LogP contribution in [0.15, 0.2) is 54.6 Å². The number of anilines is 1. The topological polar surface area (TPSA) is 93.7 Å². The van der Waals surface area contributed by atoms with Gasteiger partial charge in [-0.25, -0.2) is 4.79 Å². The van der Waals surface area contributed by atoms with Crippen molar-refractivity contribution >= 4 is 11.7 Å². The molecule has 0 unspecified atom stereocenters. The molecule has 34 heavy (non-hydrogen) atoms. The fourth-order valence-corrected chi connectivity index (χ4v) is 4.09. The van der Waals surface area contributed by atoms with Crippen molar-refractivity contribution in [1.29, 1.82) is 0 Å². The Morgan fingerprint density at radius 2 is 1.50 bits per heavy atom. The zero-order chi connectivity index (χ0) is 24.6. The Bertz CT molecular complexity index is 878. The summed E-state index contributed by atoms with van der Waals surface area (Å²) in [5.41, 5.74) is 1.41. The van der Waals surface area contributed by atoms with Crippen LogP contribution < -0.4 is 10.1 Å². The lowest BCUT2D eigenvalue weighted by Crippen LogP contribution is -2.56. The third-order valence-corrected chi connectivity index (χ3v) is 5.72. The molecule has 0 saturated carbocycles. The molecule has 1 saturated heterocycles. The summed E-state index contributed by atoms with van der Waals surface area (Å²) < 4.78 is 40.0. The van der Waals surface area contributed by atoms with E-state index in [2.05, 4.69) is 5.32 Å². The summed E-state index contributed by atoms with van der Waals surface area (Å²) in [6.45, 7) is 0.543. The molecule has 0 amide bonds. The summed E-state index contributed by atoms with van der Waals surface area (Å²) in [4.78, 5) is 12.9. The molecule has 1 fully saturated rings. The Balaban J connectivity index is 2.13. The highest BCUT2D eigenvalue weighted by Crippen LogP contribution is 2.43. The van der Waals surface area contributed by atoms with E-state index in [1.165, 1.54) is 14.2 Å². The molecule has 3 rings (SSSR count). The first-order valence-corrected chi connectivity index (χ1v) is 10.9. The second-order valence-corrected chi connectivity index (χ2v) is 7.79. The zero-order valence-corrected chi connectivity index (χ0v) is 20.2. The summed E-state index contributed by atoms with van der Waals surface area (Å²) in [6.07, 6.45) is -1.99. The molecule has 2 aromatic carbocycles. The number of rotatable bonds is 12. The highest BCUT2D eigenvalue weighted by Gasteiger charge is 2.58. The van der Waals surface area contributed by atoms with Gasteiger partial charge in [0.1, 0.15) is 24.0 Å². The Hall–Kier alpha value is -2.69. The maximum Gasteiger partial charge on any atom is 0.337 e. The van der Waals surface area contributed by atoms with E-state index in [1.807, 2.05) is 54.6 Å². The van der Waals surface area contributed by atoms with Crippen molar-refractivity contribution in [3.05, 3.63) is 60.2 Å². The molecule has 1 N–H and O–H groups in total. The first kappa shape index (κ1) is 25.9. The van der Waals surface area contributed by atoms with Crippen molar-refractivity contribution in [2.75, 3.05) is 54.1 Å². The van der Waals surface area contributed by atoms with Gasteiger partial charge < -0.3 is 38.5 Å². The number of hydrogen-bond acceptors (Lipinski definition) is 9. The molecule has 2 aromatic rings. The van der Waals surface area contributed by atoms with Crippen LogP contribution in [0.3, 0.4) is 0 Å². The van der Waals surface area contributed by atoms with E-state index in [9.17, 15) is 4.79 Å². The average molecular weight is 476 g/mol. The lowest BCUT2D eigenvalue weighted by Gasteiger charge is -2.40. The smallest absolute Gasteiger partial charge is 0.337 e. The molecule has 186 valence electrons. The first-order valence-electron chi connectivity index (χ1n) is 10.9. The molecule has 0 bridgehead atoms. The van der Waals surface area contributed by atoms with E-state index < -0.39 is 36.1 Å². The molecule has 9 nitrogen and oxygen atoms in total. The molecule has 9 heteroatoms. The van der Waals surface area contributed by atoms with Gasteiger partial charge in [-0.2, -0.15) is 0 Å². The summed E-state index contributed by atoms with van der Waals surface area (Å²) in [5.74, 6) is -1.30. The van der Waals surface area contributed by atoms with Gasteiger partial charge in [-0.1, -0.05) is 30.3 Å². The van der Waals surface area contributed by atoms with Gasteiger partial charge in [0, 0.05) is 32.6 Å². The van der Waals surface area contributed by atoms with E-state index in [0.29, 0.717) is 17.0 Å². The van der Waals surface area contributed by atoms with Crippen LogP contribution >= 0.6 is 0 Å². The molecular formula is C25H33NO8. The number of methoxy groups -OCH3 is 5. The number of esters is 1. The van der Waals surface area contributed by atoms with Gasteiger partial charge in [0.05, 0.1) is 27.4 Å². The SMILES string of the molecule is COC[C@@H]1OC(c2ccccc2)([C@H](Nc2ccc(OC)cc2)[C@@H](OC)C(=O)OC)O[C@H]1COC. The lowest BCUT2D eigenvalue weighted by molar-refractivity contribution is -0.220. The van der Waals surface area contributed by atoms with Crippen molar-refractivity contribution in [3.8, 4) is 5.75 Å². The first-order chi connectivity index (χ1) is 16.5.